The van der Waals surface area contributed by atoms with E-state index in [-0.39, 0.29) is 23.5 Å². The number of carbonyl (C=O) groups excluding carboxylic acids is 2. The lowest BCUT2D eigenvalue weighted by Gasteiger charge is -2.16. The highest BCUT2D eigenvalue weighted by Crippen LogP contribution is 2.20. The van der Waals surface area contributed by atoms with Crippen molar-refractivity contribution in [2.24, 2.45) is 5.41 Å². The van der Waals surface area contributed by atoms with Gasteiger partial charge in [0.15, 0.2) is 6.61 Å². The molecule has 0 fully saturated rings. The molecular formula is C14H17ClFNO3. The summed E-state index contributed by atoms with van der Waals surface area (Å²) in [5, 5.41) is 2.37. The topological polar surface area (TPSA) is 55.4 Å². The Labute approximate surface area is 122 Å². The summed E-state index contributed by atoms with van der Waals surface area (Å²) in [6, 6.07) is 3.80. The third-order valence-electron chi connectivity index (χ3n) is 2.24. The number of hydrogen-bond acceptors (Lipinski definition) is 3. The van der Waals surface area contributed by atoms with E-state index in [4.69, 9.17) is 16.3 Å². The molecule has 1 amide bonds. The number of hydrogen-bond donors (Lipinski definition) is 1. The molecule has 0 aliphatic rings. The summed E-state index contributed by atoms with van der Waals surface area (Å²) in [7, 11) is 0. The number of esters is 1. The summed E-state index contributed by atoms with van der Waals surface area (Å²) in [4.78, 5) is 23.0. The second-order valence-electron chi connectivity index (χ2n) is 5.58. The van der Waals surface area contributed by atoms with Crippen LogP contribution in [0.3, 0.4) is 0 Å². The van der Waals surface area contributed by atoms with Gasteiger partial charge in [-0.1, -0.05) is 32.4 Å². The molecule has 0 atom stereocenters. The Morgan fingerprint density at radius 3 is 2.55 bits per heavy atom. The predicted octanol–water partition coefficient (Wildman–Crippen LogP) is 3.40. The molecule has 1 N–H and O–H groups in total. The highest BCUT2D eigenvalue weighted by molar-refractivity contribution is 6.31. The number of halogens is 2. The Bertz CT molecular complexity index is 512. The maximum absolute atomic E-state index is 12.9. The number of amides is 1. The third-order valence-corrected chi connectivity index (χ3v) is 2.53. The van der Waals surface area contributed by atoms with Crippen molar-refractivity contribution in [3.8, 4) is 0 Å². The Balaban J connectivity index is 2.44. The molecule has 110 valence electrons. The summed E-state index contributed by atoms with van der Waals surface area (Å²) in [6.07, 6.45) is 0.225. The van der Waals surface area contributed by atoms with E-state index in [2.05, 4.69) is 5.32 Å². The normalized spacial score (nSPS) is 11.1. The molecule has 20 heavy (non-hydrogen) atoms. The van der Waals surface area contributed by atoms with Gasteiger partial charge in [0.25, 0.3) is 5.91 Å². The minimum absolute atomic E-state index is 0.0903. The molecule has 0 saturated carbocycles. The maximum Gasteiger partial charge on any atom is 0.306 e. The van der Waals surface area contributed by atoms with E-state index in [1.54, 1.807) is 0 Å². The second-order valence-corrected chi connectivity index (χ2v) is 5.98. The van der Waals surface area contributed by atoms with Crippen LogP contribution >= 0.6 is 11.6 Å². The monoisotopic (exact) mass is 301 g/mol. The molecule has 1 rings (SSSR count). The SMILES string of the molecule is CC(C)(C)CC(=O)OCC(=O)Nc1ccc(F)c(Cl)c1. The van der Waals surface area contributed by atoms with Crippen LogP contribution in [-0.2, 0) is 14.3 Å². The molecular weight excluding hydrogens is 285 g/mol. The first-order chi connectivity index (χ1) is 9.17. The predicted molar refractivity (Wildman–Crippen MR) is 75.1 cm³/mol. The van der Waals surface area contributed by atoms with Gasteiger partial charge in [0.05, 0.1) is 11.4 Å². The Morgan fingerprint density at radius 1 is 1.35 bits per heavy atom. The van der Waals surface area contributed by atoms with E-state index >= 15 is 0 Å². The van der Waals surface area contributed by atoms with E-state index in [1.165, 1.54) is 12.1 Å². The van der Waals surface area contributed by atoms with Gasteiger partial charge in [-0.3, -0.25) is 9.59 Å². The summed E-state index contributed by atoms with van der Waals surface area (Å²) >= 11 is 5.59. The van der Waals surface area contributed by atoms with Crippen molar-refractivity contribution in [1.29, 1.82) is 0 Å². The second kappa shape index (κ2) is 6.70. The van der Waals surface area contributed by atoms with Crippen LogP contribution in [0.5, 0.6) is 0 Å². The van der Waals surface area contributed by atoms with Gasteiger partial charge < -0.3 is 10.1 Å². The minimum atomic E-state index is -0.568. The molecule has 0 radical (unpaired) electrons. The average Bonchev–Trinajstić information content (AvgIpc) is 2.29. The van der Waals surface area contributed by atoms with E-state index in [9.17, 15) is 14.0 Å². The fourth-order valence-corrected chi connectivity index (χ4v) is 1.58. The fourth-order valence-electron chi connectivity index (χ4n) is 1.40. The van der Waals surface area contributed by atoms with Gasteiger partial charge in [0, 0.05) is 5.69 Å². The first-order valence-electron chi connectivity index (χ1n) is 6.08. The van der Waals surface area contributed by atoms with E-state index < -0.39 is 17.7 Å². The van der Waals surface area contributed by atoms with Crippen LogP contribution in [0, 0.1) is 11.2 Å². The van der Waals surface area contributed by atoms with Crippen LogP contribution in [0.4, 0.5) is 10.1 Å². The number of benzene rings is 1. The minimum Gasteiger partial charge on any atom is -0.456 e. The standard InChI is InChI=1S/C14H17ClFNO3/c1-14(2,3)7-13(19)20-8-12(18)17-9-4-5-11(16)10(15)6-9/h4-6H,7-8H2,1-3H3,(H,17,18). The number of carbonyl (C=O) groups is 2. The van der Waals surface area contributed by atoms with Crippen LogP contribution in [0.15, 0.2) is 18.2 Å². The zero-order chi connectivity index (χ0) is 15.3. The summed E-state index contributed by atoms with van der Waals surface area (Å²) in [6.45, 7) is 5.31. The van der Waals surface area contributed by atoms with Crippen molar-refractivity contribution < 1.29 is 18.7 Å². The number of anilines is 1. The van der Waals surface area contributed by atoms with Gasteiger partial charge in [-0.05, 0) is 23.6 Å². The largest absolute Gasteiger partial charge is 0.456 e. The van der Waals surface area contributed by atoms with Gasteiger partial charge in [0.1, 0.15) is 5.82 Å². The molecule has 0 saturated heterocycles. The Kier molecular flexibility index (Phi) is 5.51. The molecule has 4 nitrogen and oxygen atoms in total. The number of rotatable bonds is 4. The third kappa shape index (κ3) is 6.02. The van der Waals surface area contributed by atoms with Crippen LogP contribution in [-0.4, -0.2) is 18.5 Å². The van der Waals surface area contributed by atoms with Gasteiger partial charge in [-0.15, -0.1) is 0 Å². The van der Waals surface area contributed by atoms with Crippen LogP contribution in [0.2, 0.25) is 5.02 Å². The van der Waals surface area contributed by atoms with Gasteiger partial charge >= 0.3 is 5.97 Å². The first-order valence-corrected chi connectivity index (χ1v) is 6.46. The van der Waals surface area contributed by atoms with Crippen molar-refractivity contribution in [2.45, 2.75) is 27.2 Å². The lowest BCUT2D eigenvalue weighted by molar-refractivity contribution is -0.149. The van der Waals surface area contributed by atoms with E-state index in [0.717, 1.165) is 6.07 Å². The van der Waals surface area contributed by atoms with Crippen molar-refractivity contribution in [2.75, 3.05) is 11.9 Å². The van der Waals surface area contributed by atoms with Crippen LogP contribution in [0.25, 0.3) is 0 Å². The molecule has 0 aliphatic carbocycles. The zero-order valence-corrected chi connectivity index (χ0v) is 12.4. The summed E-state index contributed by atoms with van der Waals surface area (Å²) < 4.78 is 17.8. The van der Waals surface area contributed by atoms with Gasteiger partial charge in [-0.25, -0.2) is 4.39 Å². The fraction of sp³-hybridized carbons (Fsp3) is 0.429. The van der Waals surface area contributed by atoms with Crippen molar-refractivity contribution in [1.82, 2.24) is 0 Å². The van der Waals surface area contributed by atoms with Gasteiger partial charge in [0.2, 0.25) is 0 Å². The lowest BCUT2D eigenvalue weighted by atomic mass is 9.93. The highest BCUT2D eigenvalue weighted by Gasteiger charge is 2.18. The molecule has 0 aromatic heterocycles. The molecule has 0 bridgehead atoms. The molecule has 0 heterocycles. The quantitative estimate of drug-likeness (QED) is 0.867. The number of nitrogens with one attached hydrogen (secondary N) is 1. The Hall–Kier alpha value is -1.62. The van der Waals surface area contributed by atoms with E-state index in [0.29, 0.717) is 5.69 Å². The van der Waals surface area contributed by atoms with Crippen molar-refractivity contribution >= 4 is 29.2 Å². The summed E-state index contributed by atoms with van der Waals surface area (Å²) in [5.41, 5.74) is 0.145. The zero-order valence-electron chi connectivity index (χ0n) is 11.6. The first kappa shape index (κ1) is 16.4. The highest BCUT2D eigenvalue weighted by atomic mass is 35.5. The van der Waals surface area contributed by atoms with Crippen molar-refractivity contribution in [3.63, 3.8) is 0 Å². The Morgan fingerprint density at radius 2 is 2.00 bits per heavy atom. The molecule has 0 spiro atoms. The molecule has 1 aromatic rings. The van der Waals surface area contributed by atoms with Gasteiger partial charge in [-0.2, -0.15) is 0 Å². The van der Waals surface area contributed by atoms with Crippen LogP contribution < -0.4 is 5.32 Å². The maximum atomic E-state index is 12.9. The van der Waals surface area contributed by atoms with E-state index in [1.807, 2.05) is 20.8 Å². The number of ether oxygens (including phenoxy) is 1. The molecule has 6 heteroatoms. The van der Waals surface area contributed by atoms with Crippen LogP contribution in [0.1, 0.15) is 27.2 Å². The smallest absolute Gasteiger partial charge is 0.306 e. The molecule has 1 aromatic carbocycles. The van der Waals surface area contributed by atoms with Crippen molar-refractivity contribution in [3.05, 3.63) is 29.0 Å². The molecule has 0 unspecified atom stereocenters. The average molecular weight is 302 g/mol. The lowest BCUT2D eigenvalue weighted by Crippen LogP contribution is -2.23. The molecule has 0 aliphatic heterocycles. The summed E-state index contributed by atoms with van der Waals surface area (Å²) in [5.74, 6) is -1.51.